The van der Waals surface area contributed by atoms with Crippen LogP contribution in [0.15, 0.2) is 102 Å². The minimum atomic E-state index is -2.10. The molecule has 0 aliphatic carbocycles. The third kappa shape index (κ3) is 9.64. The molecule has 4 aromatic carbocycles. The zero-order chi connectivity index (χ0) is 48.2. The van der Waals surface area contributed by atoms with Crippen LogP contribution in [-0.2, 0) is 28.6 Å². The number of aliphatic hydroxyl groups is 2. The van der Waals surface area contributed by atoms with Crippen molar-refractivity contribution in [2.45, 2.75) is 91.7 Å². The smallest absolute Gasteiger partial charge is 0.312 e. The number of aromatic hydroxyl groups is 3. The lowest BCUT2D eigenvalue weighted by atomic mass is 9.78. The molecule has 15 heteroatoms. The number of methoxy groups -OCH3 is 1. The monoisotopic (exact) mass is 906 g/mol. The van der Waals surface area contributed by atoms with Crippen LogP contribution in [0.25, 0.3) is 10.8 Å². The maximum absolute atomic E-state index is 14.6. The summed E-state index contributed by atoms with van der Waals surface area (Å²) in [5, 5.41) is 65.3. The Labute approximate surface area is 383 Å². The second-order valence-electron chi connectivity index (χ2n) is 17.2. The maximum Gasteiger partial charge on any atom is 0.312 e. The van der Waals surface area contributed by atoms with Crippen LogP contribution in [0.1, 0.15) is 87.2 Å². The summed E-state index contributed by atoms with van der Waals surface area (Å²) in [7, 11) is 1.43. The molecule has 1 amide bonds. The predicted octanol–water partition coefficient (Wildman–Crippen LogP) is 7.89. The van der Waals surface area contributed by atoms with Crippen LogP contribution in [0.4, 0.5) is 5.69 Å². The van der Waals surface area contributed by atoms with E-state index in [4.69, 9.17) is 23.8 Å². The Morgan fingerprint density at radius 2 is 1.47 bits per heavy atom. The fraction of sp³-hybridized carbons (Fsp3) is 0.373. The number of carbonyl (C=O) groups excluding carboxylic acids is 3. The number of ether oxygens (including phenoxy) is 4. The molecule has 15 nitrogen and oxygen atoms in total. The first-order valence-electron chi connectivity index (χ1n) is 21.7. The summed E-state index contributed by atoms with van der Waals surface area (Å²) in [5.74, 6) is -8.88. The van der Waals surface area contributed by atoms with Gasteiger partial charge in [-0.2, -0.15) is 0 Å². The first-order valence-corrected chi connectivity index (χ1v) is 21.7. The number of nitrogens with one attached hydrogen (secondary N) is 1. The van der Waals surface area contributed by atoms with Crippen molar-refractivity contribution in [2.75, 3.05) is 12.4 Å². The van der Waals surface area contributed by atoms with Gasteiger partial charge in [-0.25, -0.2) is 0 Å². The third-order valence-electron chi connectivity index (χ3n) is 12.6. The lowest BCUT2D eigenvalue weighted by Crippen LogP contribution is -2.46. The quantitative estimate of drug-likeness (QED) is 0.0342. The van der Waals surface area contributed by atoms with Gasteiger partial charge in [-0.1, -0.05) is 112 Å². The number of hydrogen-bond donors (Lipinski definition) is 6. The normalized spacial score (nSPS) is 28.1. The molecule has 350 valence electrons. The Morgan fingerprint density at radius 3 is 2.06 bits per heavy atom. The zero-order valence-corrected chi connectivity index (χ0v) is 38.4. The summed E-state index contributed by atoms with van der Waals surface area (Å²) >= 11 is 0. The summed E-state index contributed by atoms with van der Waals surface area (Å²) in [4.78, 5) is 47.0. The van der Waals surface area contributed by atoms with Gasteiger partial charge in [0, 0.05) is 61.2 Å². The fourth-order valence-corrected chi connectivity index (χ4v) is 8.59. The molecule has 0 aromatic heterocycles. The van der Waals surface area contributed by atoms with Crippen LogP contribution in [0, 0.1) is 30.6 Å². The number of phenolic OH excluding ortho intramolecular Hbond substituents is 3. The van der Waals surface area contributed by atoms with Crippen molar-refractivity contribution < 1.29 is 63.7 Å². The van der Waals surface area contributed by atoms with E-state index in [1.807, 2.05) is 60.7 Å². The van der Waals surface area contributed by atoms with Crippen LogP contribution in [0.3, 0.4) is 0 Å². The molecule has 66 heavy (non-hydrogen) atoms. The molecule has 0 radical (unpaired) electrons. The highest BCUT2D eigenvalue weighted by Gasteiger charge is 2.50. The van der Waals surface area contributed by atoms with E-state index in [1.165, 1.54) is 53.2 Å². The summed E-state index contributed by atoms with van der Waals surface area (Å²) in [5.41, 5.74) is 0.756. The average molecular weight is 907 g/mol. The number of amides is 1. The molecule has 3 aliphatic rings. The Kier molecular flexibility index (Phi) is 14.9. The number of nitrogens with zero attached hydrogens (tertiary/aromatic N) is 1. The van der Waals surface area contributed by atoms with Gasteiger partial charge in [-0.3, -0.25) is 14.4 Å². The van der Waals surface area contributed by atoms with Gasteiger partial charge in [0.1, 0.15) is 23.4 Å². The van der Waals surface area contributed by atoms with Crippen molar-refractivity contribution in [2.24, 2.45) is 28.8 Å². The van der Waals surface area contributed by atoms with Gasteiger partial charge in [0.25, 0.3) is 11.7 Å². The number of hydrogen-bond acceptors (Lipinski definition) is 14. The lowest BCUT2D eigenvalue weighted by Gasteiger charge is -2.38. The van der Waals surface area contributed by atoms with E-state index >= 15 is 0 Å². The number of benzene rings is 4. The Balaban J connectivity index is 1.53. The number of allylic oxidation sites excluding steroid dienone is 2. The number of esters is 1. The first-order chi connectivity index (χ1) is 31.3. The van der Waals surface area contributed by atoms with Gasteiger partial charge in [0.05, 0.1) is 53.0 Å². The van der Waals surface area contributed by atoms with Gasteiger partial charge in [-0.05, 0) is 31.1 Å². The van der Waals surface area contributed by atoms with Crippen LogP contribution in [-0.4, -0.2) is 86.7 Å². The molecule has 0 unspecified atom stereocenters. The van der Waals surface area contributed by atoms with Crippen molar-refractivity contribution in [1.82, 2.24) is 0 Å². The highest BCUT2D eigenvalue weighted by Crippen LogP contribution is 2.55. The van der Waals surface area contributed by atoms with Crippen molar-refractivity contribution in [3.63, 3.8) is 0 Å². The standard InChI is InChI=1S/C51H58N2O13/c1-26-17-16-18-27(2)50(61)53-40-35(25-52-66-48(33-19-12-10-13-20-33)34-21-14-11-15-22-34)44(58)37-38(45(40)59)43(57)31(6)47-39(37)49(60)51(8,65-47)63-24-23-36(62-9)28(3)46(64-32(7)54)30(5)42(56)29(4)41(26)55/h10-26,28-30,36,41-42,46,48,55-59H,1-9H3,(H,53,61)/b17-16+,24-23+,27-18-,52-25?/t26-,28-,29+,30-,36-,41-,42+,46+,51-/m0/s1. The maximum atomic E-state index is 14.6. The fourth-order valence-electron chi connectivity index (χ4n) is 8.59. The molecule has 6 N–H and O–H groups in total. The topological polar surface area (TPSA) is 223 Å². The molecule has 0 spiro atoms. The van der Waals surface area contributed by atoms with E-state index < -0.39 is 94.9 Å². The third-order valence-corrected chi connectivity index (χ3v) is 12.6. The number of Topliss-reactive ketones (excluding diaryl/α,β-unsaturated/α-hetero) is 1. The lowest BCUT2D eigenvalue weighted by molar-refractivity contribution is -0.160. The Hall–Kier alpha value is -6.68. The molecule has 7 rings (SSSR count). The van der Waals surface area contributed by atoms with Crippen molar-refractivity contribution in [1.29, 1.82) is 0 Å². The highest BCUT2D eigenvalue weighted by atomic mass is 16.7. The number of rotatable bonds is 7. The van der Waals surface area contributed by atoms with Crippen LogP contribution >= 0.6 is 0 Å². The number of fused-ring (bicyclic) bond motifs is 14. The molecule has 0 fully saturated rings. The number of oxime groups is 1. The minimum Gasteiger partial charge on any atom is -0.507 e. The van der Waals surface area contributed by atoms with E-state index in [0.29, 0.717) is 0 Å². The Morgan fingerprint density at radius 1 is 0.848 bits per heavy atom. The second-order valence-corrected chi connectivity index (χ2v) is 17.2. The molecule has 4 aromatic rings. The van der Waals surface area contributed by atoms with E-state index in [1.54, 1.807) is 39.8 Å². The van der Waals surface area contributed by atoms with E-state index in [0.717, 1.165) is 17.3 Å². The van der Waals surface area contributed by atoms with Crippen molar-refractivity contribution in [3.05, 3.63) is 125 Å². The molecule has 9 atom stereocenters. The Bertz CT molecular complexity index is 2530. The van der Waals surface area contributed by atoms with Crippen LogP contribution in [0.5, 0.6) is 23.0 Å². The second kappa shape index (κ2) is 20.2. The van der Waals surface area contributed by atoms with Gasteiger partial charge >= 0.3 is 11.8 Å². The molecule has 3 heterocycles. The molecule has 3 aliphatic heterocycles. The average Bonchev–Trinajstić information content (AvgIpc) is 3.57. The van der Waals surface area contributed by atoms with E-state index in [2.05, 4.69) is 10.5 Å². The number of phenols is 3. The summed E-state index contributed by atoms with van der Waals surface area (Å²) in [6.45, 7) is 12.4. The first kappa shape index (κ1) is 48.8. The molecular weight excluding hydrogens is 849 g/mol. The SMILES string of the molecule is CO[C@H]1/C=C/O[C@@]2(C)Oc3c(C)c(O)c4c(O)c(c(C=NOC(c5ccccc5)c5ccccc5)c(O)c4c3C2=O)NC(=O)/C(C)=C\C=C\[C@H](C)[C@H](O)[C@@H](C)[C@@H](O)[C@H](C)[C@H](OC(C)=O)[C@H]1C. The minimum absolute atomic E-state index is 0.0184. The number of ketones is 1. The summed E-state index contributed by atoms with van der Waals surface area (Å²) in [6, 6.07) is 18.5. The van der Waals surface area contributed by atoms with Crippen molar-refractivity contribution in [3.8, 4) is 23.0 Å². The van der Waals surface area contributed by atoms with E-state index in [9.17, 15) is 39.9 Å². The van der Waals surface area contributed by atoms with E-state index in [-0.39, 0.29) is 44.5 Å². The molecule has 5 bridgehead atoms. The van der Waals surface area contributed by atoms with Gasteiger partial charge in [0.2, 0.25) is 0 Å². The number of anilines is 1. The van der Waals surface area contributed by atoms with Gasteiger partial charge < -0.3 is 54.6 Å². The molecule has 0 saturated carbocycles. The predicted molar refractivity (Wildman–Crippen MR) is 247 cm³/mol. The highest BCUT2D eigenvalue weighted by molar-refractivity contribution is 6.23. The van der Waals surface area contributed by atoms with Gasteiger partial charge in [0.15, 0.2) is 11.9 Å². The zero-order valence-electron chi connectivity index (χ0n) is 38.4. The number of carbonyl (C=O) groups is 3. The van der Waals surface area contributed by atoms with Crippen LogP contribution < -0.4 is 10.1 Å². The van der Waals surface area contributed by atoms with Crippen LogP contribution in [0.2, 0.25) is 0 Å². The molecule has 0 saturated heterocycles. The number of aliphatic hydroxyl groups excluding tert-OH is 2. The molecular formula is C51H58N2O13. The largest absolute Gasteiger partial charge is 0.507 e. The van der Waals surface area contributed by atoms with Gasteiger partial charge in [-0.15, -0.1) is 0 Å². The van der Waals surface area contributed by atoms with Crippen molar-refractivity contribution >= 4 is 40.3 Å². The summed E-state index contributed by atoms with van der Waals surface area (Å²) < 4.78 is 23.7. The summed E-state index contributed by atoms with van der Waals surface area (Å²) in [6.07, 6.45) is 3.74.